The Balaban J connectivity index is 1.22. The summed E-state index contributed by atoms with van der Waals surface area (Å²) in [5, 5.41) is 1.21. The van der Waals surface area contributed by atoms with Crippen molar-refractivity contribution in [2.45, 2.75) is 39.3 Å². The van der Waals surface area contributed by atoms with Gasteiger partial charge in [0, 0.05) is 56.4 Å². The summed E-state index contributed by atoms with van der Waals surface area (Å²) in [6.45, 7) is 10.5. The number of hydrogen-bond donors (Lipinski definition) is 0. The second-order valence-corrected chi connectivity index (χ2v) is 10.1. The topological polar surface area (TPSA) is 31.7 Å². The smallest absolute Gasteiger partial charge is 0.225 e. The number of para-hydroxylation sites is 1. The lowest BCUT2D eigenvalue weighted by atomic mass is 9.95. The Kier molecular flexibility index (Phi) is 7.49. The molecule has 0 atom stereocenters. The molecule has 3 heterocycles. The maximum Gasteiger partial charge on any atom is 0.225 e. The summed E-state index contributed by atoms with van der Waals surface area (Å²) >= 11 is 0. The predicted molar refractivity (Wildman–Crippen MR) is 139 cm³/mol. The van der Waals surface area contributed by atoms with Crippen LogP contribution in [0.1, 0.15) is 37.4 Å². The second-order valence-electron chi connectivity index (χ2n) is 10.1. The largest absolute Gasteiger partial charge is 0.340 e. The molecule has 0 saturated carbocycles. The van der Waals surface area contributed by atoms with E-state index in [0.717, 1.165) is 70.8 Å². The third kappa shape index (κ3) is 5.60. The molecule has 3 aromatic rings. The highest BCUT2D eigenvalue weighted by Gasteiger charge is 2.30. The van der Waals surface area contributed by atoms with Gasteiger partial charge in [-0.3, -0.25) is 14.6 Å². The molecule has 2 aliphatic rings. The van der Waals surface area contributed by atoms with Crippen LogP contribution < -0.4 is 0 Å². The third-order valence-corrected chi connectivity index (χ3v) is 7.67. The molecular formula is C29H37FN4O. The molecular weight excluding hydrogens is 439 g/mol. The summed E-state index contributed by atoms with van der Waals surface area (Å²) < 4.78 is 16.1. The number of benzene rings is 2. The molecule has 2 aliphatic heterocycles. The first kappa shape index (κ1) is 24.0. The molecule has 0 bridgehead atoms. The summed E-state index contributed by atoms with van der Waals surface area (Å²) in [6, 6.07) is 17.6. The van der Waals surface area contributed by atoms with Crippen LogP contribution in [0.15, 0.2) is 54.6 Å². The van der Waals surface area contributed by atoms with E-state index in [2.05, 4.69) is 56.5 Å². The van der Waals surface area contributed by atoms with Gasteiger partial charge in [-0.1, -0.05) is 37.3 Å². The fourth-order valence-electron chi connectivity index (χ4n) is 5.74. The summed E-state index contributed by atoms with van der Waals surface area (Å²) in [6.07, 6.45) is 3.03. The summed E-state index contributed by atoms with van der Waals surface area (Å²) in [4.78, 5) is 20.2. The number of aromatic nitrogens is 1. The van der Waals surface area contributed by atoms with Gasteiger partial charge in [0.2, 0.25) is 5.91 Å². The van der Waals surface area contributed by atoms with Gasteiger partial charge in [0.05, 0.1) is 0 Å². The van der Waals surface area contributed by atoms with Gasteiger partial charge in [0.15, 0.2) is 0 Å². The van der Waals surface area contributed by atoms with Crippen LogP contribution >= 0.6 is 0 Å². The van der Waals surface area contributed by atoms with E-state index < -0.39 is 0 Å². The van der Waals surface area contributed by atoms with Crippen molar-refractivity contribution in [3.63, 3.8) is 0 Å². The van der Waals surface area contributed by atoms with Crippen LogP contribution in [0.2, 0.25) is 0 Å². The van der Waals surface area contributed by atoms with E-state index >= 15 is 0 Å². The number of likely N-dealkylation sites (tertiary alicyclic amines) is 1. The van der Waals surface area contributed by atoms with Crippen molar-refractivity contribution in [1.29, 1.82) is 0 Å². The highest BCUT2D eigenvalue weighted by atomic mass is 19.1. The van der Waals surface area contributed by atoms with Gasteiger partial charge in [-0.15, -0.1) is 0 Å². The van der Waals surface area contributed by atoms with E-state index in [4.69, 9.17) is 0 Å². The number of amides is 1. The highest BCUT2D eigenvalue weighted by Crippen LogP contribution is 2.26. The lowest BCUT2D eigenvalue weighted by Crippen LogP contribution is -2.51. The van der Waals surface area contributed by atoms with Gasteiger partial charge < -0.3 is 9.47 Å². The first-order chi connectivity index (χ1) is 17.1. The number of halogens is 1. The van der Waals surface area contributed by atoms with Crippen molar-refractivity contribution in [3.8, 4) is 0 Å². The normalized spacial score (nSPS) is 18.4. The fourth-order valence-corrected chi connectivity index (χ4v) is 5.74. The molecule has 0 unspecified atom stereocenters. The minimum Gasteiger partial charge on any atom is -0.340 e. The lowest BCUT2D eigenvalue weighted by Gasteiger charge is -2.38. The van der Waals surface area contributed by atoms with Crippen molar-refractivity contribution in [2.24, 2.45) is 5.92 Å². The van der Waals surface area contributed by atoms with Crippen molar-refractivity contribution < 1.29 is 9.18 Å². The number of fused-ring (bicyclic) bond motifs is 1. The van der Waals surface area contributed by atoms with Crippen LogP contribution in [-0.4, -0.2) is 71.0 Å². The monoisotopic (exact) mass is 476 g/mol. The Morgan fingerprint density at radius 3 is 2.40 bits per heavy atom. The molecule has 6 heteroatoms. The molecule has 0 spiro atoms. The number of hydrogen-bond acceptors (Lipinski definition) is 3. The van der Waals surface area contributed by atoms with Gasteiger partial charge in [0.1, 0.15) is 5.82 Å². The quantitative estimate of drug-likeness (QED) is 0.500. The fraction of sp³-hybridized carbons (Fsp3) is 0.483. The summed E-state index contributed by atoms with van der Waals surface area (Å²) in [7, 11) is 0. The minimum absolute atomic E-state index is 0.155. The number of piperidine rings is 1. The van der Waals surface area contributed by atoms with Crippen LogP contribution in [0.4, 0.5) is 4.39 Å². The zero-order chi connectivity index (χ0) is 24.2. The number of carbonyl (C=O) groups excluding carboxylic acids is 1. The standard InChI is InChI=1S/C29H37FN4O/c1-2-12-31-15-17-33(18-16-31)29(35)24-10-13-32(14-11-24)22-27-20-25-7-3-4-9-28(25)34(27)21-23-6-5-8-26(30)19-23/h3-9,19-20,24H,2,10-18,21-22H2,1H3. The van der Waals surface area contributed by atoms with E-state index in [1.54, 1.807) is 12.1 Å². The first-order valence-corrected chi connectivity index (χ1v) is 13.2. The number of carbonyl (C=O) groups is 1. The molecule has 0 radical (unpaired) electrons. The summed E-state index contributed by atoms with van der Waals surface area (Å²) in [5.41, 5.74) is 3.39. The molecule has 2 fully saturated rings. The molecule has 5 rings (SSSR count). The van der Waals surface area contributed by atoms with Crippen molar-refractivity contribution in [1.82, 2.24) is 19.3 Å². The van der Waals surface area contributed by atoms with Crippen LogP contribution in [0.5, 0.6) is 0 Å². The predicted octanol–water partition coefficient (Wildman–Crippen LogP) is 4.59. The number of rotatable bonds is 7. The van der Waals surface area contributed by atoms with Gasteiger partial charge >= 0.3 is 0 Å². The number of piperazine rings is 1. The highest BCUT2D eigenvalue weighted by molar-refractivity contribution is 5.81. The van der Waals surface area contributed by atoms with E-state index in [1.165, 1.54) is 29.1 Å². The van der Waals surface area contributed by atoms with E-state index in [9.17, 15) is 9.18 Å². The molecule has 186 valence electrons. The zero-order valence-electron chi connectivity index (χ0n) is 20.8. The van der Waals surface area contributed by atoms with Crippen molar-refractivity contribution in [2.75, 3.05) is 45.8 Å². The molecule has 0 aliphatic carbocycles. The lowest BCUT2D eigenvalue weighted by molar-refractivity contribution is -0.138. The molecule has 2 aromatic carbocycles. The van der Waals surface area contributed by atoms with Crippen LogP contribution in [-0.2, 0) is 17.9 Å². The third-order valence-electron chi connectivity index (χ3n) is 7.67. The molecule has 5 nitrogen and oxygen atoms in total. The Bertz CT molecular complexity index is 1140. The van der Waals surface area contributed by atoms with E-state index in [-0.39, 0.29) is 11.7 Å². The van der Waals surface area contributed by atoms with Gasteiger partial charge in [-0.25, -0.2) is 4.39 Å². The molecule has 1 aromatic heterocycles. The van der Waals surface area contributed by atoms with Crippen molar-refractivity contribution >= 4 is 16.8 Å². The van der Waals surface area contributed by atoms with Crippen LogP contribution in [0.3, 0.4) is 0 Å². The zero-order valence-corrected chi connectivity index (χ0v) is 20.8. The van der Waals surface area contributed by atoms with Crippen LogP contribution in [0.25, 0.3) is 10.9 Å². The van der Waals surface area contributed by atoms with E-state index in [1.807, 2.05) is 6.07 Å². The molecule has 1 amide bonds. The maximum atomic E-state index is 13.8. The Hall–Kier alpha value is -2.70. The SMILES string of the molecule is CCCN1CCN(C(=O)C2CCN(Cc3cc4ccccc4n3Cc3cccc(F)c3)CC2)CC1. The molecule has 2 saturated heterocycles. The summed E-state index contributed by atoms with van der Waals surface area (Å²) in [5.74, 6) is 0.321. The maximum absolute atomic E-state index is 13.8. The Morgan fingerprint density at radius 1 is 0.886 bits per heavy atom. The minimum atomic E-state index is -0.195. The Labute approximate surface area is 208 Å². The second kappa shape index (κ2) is 10.9. The Morgan fingerprint density at radius 2 is 1.66 bits per heavy atom. The van der Waals surface area contributed by atoms with E-state index in [0.29, 0.717) is 12.5 Å². The van der Waals surface area contributed by atoms with Gasteiger partial charge in [-0.05, 0) is 74.1 Å². The molecule has 35 heavy (non-hydrogen) atoms. The van der Waals surface area contributed by atoms with Gasteiger partial charge in [-0.2, -0.15) is 0 Å². The molecule has 0 N–H and O–H groups in total. The average Bonchev–Trinajstić information content (AvgIpc) is 3.21. The van der Waals surface area contributed by atoms with Crippen LogP contribution in [0, 0.1) is 11.7 Å². The first-order valence-electron chi connectivity index (χ1n) is 13.2. The average molecular weight is 477 g/mol. The number of nitrogens with zero attached hydrogens (tertiary/aromatic N) is 4. The van der Waals surface area contributed by atoms with Gasteiger partial charge in [0.25, 0.3) is 0 Å². The van der Waals surface area contributed by atoms with Crippen molar-refractivity contribution in [3.05, 3.63) is 71.7 Å².